The topological polar surface area (TPSA) is 61.8 Å². The predicted molar refractivity (Wildman–Crippen MR) is 94.3 cm³/mol. The Hall–Kier alpha value is -2.33. The molecule has 2 aromatic rings. The molecule has 3 N–H and O–H groups in total. The van der Waals surface area contributed by atoms with E-state index in [0.717, 1.165) is 32.5 Å². The zero-order valence-corrected chi connectivity index (χ0v) is 13.4. The van der Waals surface area contributed by atoms with Gasteiger partial charge in [0.25, 0.3) is 0 Å². The van der Waals surface area contributed by atoms with Gasteiger partial charge in [-0.3, -0.25) is 4.90 Å². The van der Waals surface area contributed by atoms with Gasteiger partial charge in [-0.2, -0.15) is 0 Å². The van der Waals surface area contributed by atoms with Crippen molar-refractivity contribution in [2.24, 2.45) is 10.9 Å². The maximum atomic E-state index is 8.59. The number of oxime groups is 1. The molecule has 0 unspecified atom stereocenters. The first-order valence-corrected chi connectivity index (χ1v) is 8.04. The van der Waals surface area contributed by atoms with E-state index < -0.39 is 0 Å². The van der Waals surface area contributed by atoms with Gasteiger partial charge < -0.3 is 10.9 Å². The lowest BCUT2D eigenvalue weighted by Gasteiger charge is -2.22. The van der Waals surface area contributed by atoms with Crippen LogP contribution in [-0.2, 0) is 13.1 Å². The van der Waals surface area contributed by atoms with Gasteiger partial charge in [-0.05, 0) is 30.5 Å². The molecule has 0 heterocycles. The summed E-state index contributed by atoms with van der Waals surface area (Å²) in [6.45, 7) is 2.85. The lowest BCUT2D eigenvalue weighted by Crippen LogP contribution is -2.24. The highest BCUT2D eigenvalue weighted by Gasteiger charge is 2.07. The number of hydrogen-bond donors (Lipinski definition) is 2. The molecule has 0 radical (unpaired) electrons. The minimum atomic E-state index is 0.308. The molecule has 2 aromatic carbocycles. The highest BCUT2D eigenvalue weighted by Crippen LogP contribution is 2.11. The van der Waals surface area contributed by atoms with Crippen LogP contribution in [-0.4, -0.2) is 22.5 Å². The molecule has 0 spiro atoms. The number of nitrogens with two attached hydrogens (primary N) is 1. The molecular formula is C19H25N3O. The van der Waals surface area contributed by atoms with Crippen LogP contribution < -0.4 is 5.73 Å². The first kappa shape index (κ1) is 17.0. The van der Waals surface area contributed by atoms with E-state index in [0.29, 0.717) is 12.3 Å². The molecular weight excluding hydrogens is 286 g/mol. The molecule has 0 fully saturated rings. The fourth-order valence-corrected chi connectivity index (χ4v) is 2.59. The minimum Gasteiger partial charge on any atom is -0.409 e. The Balaban J connectivity index is 1.91. The number of amidine groups is 1. The molecule has 0 aromatic heterocycles. The van der Waals surface area contributed by atoms with Gasteiger partial charge in [0.15, 0.2) is 0 Å². The van der Waals surface area contributed by atoms with Crippen molar-refractivity contribution in [2.75, 3.05) is 6.54 Å². The van der Waals surface area contributed by atoms with Crippen molar-refractivity contribution in [3.63, 3.8) is 0 Å². The number of benzene rings is 2. The van der Waals surface area contributed by atoms with E-state index in [1.54, 1.807) is 0 Å². The van der Waals surface area contributed by atoms with Crippen LogP contribution in [0.5, 0.6) is 0 Å². The van der Waals surface area contributed by atoms with Crippen LogP contribution in [0.3, 0.4) is 0 Å². The monoisotopic (exact) mass is 311 g/mol. The third-order valence-electron chi connectivity index (χ3n) is 3.78. The molecule has 0 bridgehead atoms. The molecule has 0 amide bonds. The fourth-order valence-electron chi connectivity index (χ4n) is 2.59. The van der Waals surface area contributed by atoms with E-state index in [9.17, 15) is 0 Å². The SMILES string of the molecule is N/C(CCCCN(Cc1ccccc1)Cc1ccccc1)=N/O. The summed E-state index contributed by atoms with van der Waals surface area (Å²) in [6.07, 6.45) is 2.59. The number of rotatable bonds is 9. The van der Waals surface area contributed by atoms with Gasteiger partial charge >= 0.3 is 0 Å². The summed E-state index contributed by atoms with van der Waals surface area (Å²) in [4.78, 5) is 2.44. The van der Waals surface area contributed by atoms with Crippen molar-refractivity contribution in [1.29, 1.82) is 0 Å². The summed E-state index contributed by atoms with van der Waals surface area (Å²) in [5, 5.41) is 11.6. The predicted octanol–water partition coefficient (Wildman–Crippen LogP) is 3.61. The number of hydrogen-bond acceptors (Lipinski definition) is 3. The van der Waals surface area contributed by atoms with Gasteiger partial charge in [0.05, 0.1) is 0 Å². The van der Waals surface area contributed by atoms with E-state index in [1.807, 2.05) is 12.1 Å². The summed E-state index contributed by atoms with van der Waals surface area (Å²) in [5.41, 5.74) is 8.16. The smallest absolute Gasteiger partial charge is 0.139 e. The van der Waals surface area contributed by atoms with Crippen molar-refractivity contribution >= 4 is 5.84 Å². The number of unbranched alkanes of at least 4 members (excludes halogenated alkanes) is 1. The Labute approximate surface area is 138 Å². The van der Waals surface area contributed by atoms with Gasteiger partial charge in [0.2, 0.25) is 0 Å². The van der Waals surface area contributed by atoms with Crippen LogP contribution in [0.1, 0.15) is 30.4 Å². The minimum absolute atomic E-state index is 0.308. The molecule has 0 aliphatic carbocycles. The van der Waals surface area contributed by atoms with Crippen LogP contribution in [0.2, 0.25) is 0 Å². The average molecular weight is 311 g/mol. The molecule has 4 heteroatoms. The summed E-state index contributed by atoms with van der Waals surface area (Å²) in [5.74, 6) is 0.308. The molecule has 0 aliphatic rings. The maximum Gasteiger partial charge on any atom is 0.139 e. The normalized spacial score (nSPS) is 11.8. The lowest BCUT2D eigenvalue weighted by molar-refractivity contribution is 0.251. The Morgan fingerprint density at radius 2 is 1.39 bits per heavy atom. The van der Waals surface area contributed by atoms with Gasteiger partial charge in [-0.1, -0.05) is 65.8 Å². The Morgan fingerprint density at radius 1 is 0.870 bits per heavy atom. The van der Waals surface area contributed by atoms with Crippen LogP contribution in [0.4, 0.5) is 0 Å². The molecule has 122 valence electrons. The molecule has 2 rings (SSSR count). The van der Waals surface area contributed by atoms with E-state index >= 15 is 0 Å². The van der Waals surface area contributed by atoms with E-state index in [2.05, 4.69) is 58.6 Å². The molecule has 4 nitrogen and oxygen atoms in total. The summed E-state index contributed by atoms with van der Waals surface area (Å²) >= 11 is 0. The molecule has 0 atom stereocenters. The second kappa shape index (κ2) is 9.64. The van der Waals surface area contributed by atoms with Crippen LogP contribution in [0.25, 0.3) is 0 Å². The first-order valence-electron chi connectivity index (χ1n) is 8.04. The fraction of sp³-hybridized carbons (Fsp3) is 0.316. The van der Waals surface area contributed by atoms with Crippen molar-refractivity contribution in [3.8, 4) is 0 Å². The Morgan fingerprint density at radius 3 is 1.87 bits per heavy atom. The van der Waals surface area contributed by atoms with Crippen molar-refractivity contribution in [2.45, 2.75) is 32.4 Å². The summed E-state index contributed by atoms with van der Waals surface area (Å²) in [6, 6.07) is 21.0. The average Bonchev–Trinajstić information content (AvgIpc) is 2.60. The maximum absolute atomic E-state index is 8.59. The second-order valence-electron chi connectivity index (χ2n) is 5.73. The van der Waals surface area contributed by atoms with Gasteiger partial charge in [0, 0.05) is 19.5 Å². The quantitative estimate of drug-likeness (QED) is 0.244. The molecule has 0 saturated heterocycles. The van der Waals surface area contributed by atoms with Crippen molar-refractivity contribution in [1.82, 2.24) is 4.90 Å². The standard InChI is InChI=1S/C19H25N3O/c20-19(21-23)13-7-8-14-22(15-17-9-3-1-4-10-17)16-18-11-5-2-6-12-18/h1-6,9-12,23H,7-8,13-16H2,(H2,20,21). The zero-order chi connectivity index (χ0) is 16.3. The van der Waals surface area contributed by atoms with Gasteiger partial charge in [-0.25, -0.2) is 0 Å². The summed E-state index contributed by atoms with van der Waals surface area (Å²) in [7, 11) is 0. The highest BCUT2D eigenvalue weighted by atomic mass is 16.4. The third kappa shape index (κ3) is 6.53. The Kier molecular flexibility index (Phi) is 7.14. The zero-order valence-electron chi connectivity index (χ0n) is 13.4. The van der Waals surface area contributed by atoms with Crippen LogP contribution in [0, 0.1) is 0 Å². The van der Waals surface area contributed by atoms with Crippen LogP contribution in [0.15, 0.2) is 65.8 Å². The van der Waals surface area contributed by atoms with Crippen molar-refractivity contribution < 1.29 is 5.21 Å². The van der Waals surface area contributed by atoms with E-state index in [1.165, 1.54) is 11.1 Å². The van der Waals surface area contributed by atoms with E-state index in [-0.39, 0.29) is 0 Å². The summed E-state index contributed by atoms with van der Waals surface area (Å²) < 4.78 is 0. The number of nitrogens with zero attached hydrogens (tertiary/aromatic N) is 2. The Bertz CT molecular complexity index is 543. The molecule has 0 saturated carbocycles. The largest absolute Gasteiger partial charge is 0.409 e. The first-order chi connectivity index (χ1) is 11.3. The third-order valence-corrected chi connectivity index (χ3v) is 3.78. The molecule has 0 aliphatic heterocycles. The van der Waals surface area contributed by atoms with Crippen molar-refractivity contribution in [3.05, 3.63) is 71.8 Å². The van der Waals surface area contributed by atoms with Gasteiger partial charge in [0.1, 0.15) is 5.84 Å². The lowest BCUT2D eigenvalue weighted by atomic mass is 10.1. The molecule has 23 heavy (non-hydrogen) atoms. The highest BCUT2D eigenvalue weighted by molar-refractivity contribution is 5.79. The van der Waals surface area contributed by atoms with E-state index in [4.69, 9.17) is 10.9 Å². The van der Waals surface area contributed by atoms with Gasteiger partial charge in [-0.15, -0.1) is 0 Å². The van der Waals surface area contributed by atoms with Crippen LogP contribution >= 0.6 is 0 Å². The second-order valence-corrected chi connectivity index (χ2v) is 5.73.